The Morgan fingerprint density at radius 1 is 0.952 bits per heavy atom. The number of nitrogens with one attached hydrogen (secondary N) is 2. The normalized spacial score (nSPS) is 12.2. The van der Waals surface area contributed by atoms with Crippen molar-refractivity contribution in [2.75, 3.05) is 0 Å². The third-order valence-electron chi connectivity index (χ3n) is 7.74. The van der Waals surface area contributed by atoms with E-state index in [-0.39, 0.29) is 25.0 Å². The number of H-pyrrole nitrogens is 1. The molecule has 4 N–H and O–H groups in total. The van der Waals surface area contributed by atoms with Gasteiger partial charge < -0.3 is 29.3 Å². The summed E-state index contributed by atoms with van der Waals surface area (Å²) in [6.45, 7) is 3.72. The lowest BCUT2D eigenvalue weighted by Crippen LogP contribution is -2.42. The number of carboxylic acid groups (broad SMARTS) is 1. The minimum Gasteiger partial charge on any atom is -0.508 e. The van der Waals surface area contributed by atoms with Gasteiger partial charge in [0.1, 0.15) is 28.7 Å². The number of carbonyl (C=O) groups is 2. The zero-order valence-electron chi connectivity index (χ0n) is 23.0. The smallest absolute Gasteiger partial charge is 0.339 e. The first-order valence-corrected chi connectivity index (χ1v) is 13.6. The number of rotatable bonds is 8. The van der Waals surface area contributed by atoms with Crippen molar-refractivity contribution in [1.82, 2.24) is 10.3 Å². The van der Waals surface area contributed by atoms with Gasteiger partial charge in [0.05, 0.1) is 0 Å². The minimum absolute atomic E-state index is 0.0194. The fourth-order valence-corrected chi connectivity index (χ4v) is 5.61. The summed E-state index contributed by atoms with van der Waals surface area (Å²) >= 11 is 0. The van der Waals surface area contributed by atoms with Crippen molar-refractivity contribution < 1.29 is 28.6 Å². The number of hydrogen-bond donors (Lipinski definition) is 4. The van der Waals surface area contributed by atoms with Crippen molar-refractivity contribution in [3.8, 4) is 16.9 Å². The Bertz CT molecular complexity index is 2050. The largest absolute Gasteiger partial charge is 0.508 e. The zero-order valence-corrected chi connectivity index (χ0v) is 23.0. The van der Waals surface area contributed by atoms with Crippen molar-refractivity contribution in [2.24, 2.45) is 0 Å². The Morgan fingerprint density at radius 3 is 2.48 bits per heavy atom. The van der Waals surface area contributed by atoms with Gasteiger partial charge in [0, 0.05) is 57.9 Å². The van der Waals surface area contributed by atoms with E-state index in [2.05, 4.69) is 10.3 Å². The van der Waals surface area contributed by atoms with Gasteiger partial charge in [-0.25, -0.2) is 9.59 Å². The number of carboxylic acids is 1. The number of carbonyl (C=O) groups excluding carboxylic acids is 1. The highest BCUT2D eigenvalue weighted by atomic mass is 16.4. The van der Waals surface area contributed by atoms with Crippen molar-refractivity contribution >= 4 is 44.7 Å². The zero-order chi connectivity index (χ0) is 29.5. The first-order chi connectivity index (χ1) is 20.2. The maximum atomic E-state index is 12.9. The highest BCUT2D eigenvalue weighted by Gasteiger charge is 2.23. The molecule has 0 saturated heterocycles. The third kappa shape index (κ3) is 4.89. The van der Waals surface area contributed by atoms with Crippen LogP contribution >= 0.6 is 0 Å². The summed E-state index contributed by atoms with van der Waals surface area (Å²) in [6, 6.07) is 17.1. The average Bonchev–Trinajstić information content (AvgIpc) is 3.50. The maximum Gasteiger partial charge on any atom is 0.339 e. The number of fused-ring (bicyclic) bond motifs is 3. The lowest BCUT2D eigenvalue weighted by molar-refractivity contribution is -0.141. The quantitative estimate of drug-likeness (QED) is 0.172. The van der Waals surface area contributed by atoms with Crippen LogP contribution in [0.25, 0.3) is 44.0 Å². The first kappa shape index (κ1) is 26.9. The Kier molecular flexibility index (Phi) is 6.78. The Hall–Kier alpha value is -5.31. The predicted molar refractivity (Wildman–Crippen MR) is 159 cm³/mol. The summed E-state index contributed by atoms with van der Waals surface area (Å²) in [4.78, 5) is 40.8. The molecule has 9 heteroatoms. The number of aliphatic carboxylic acids is 1. The molecule has 3 aromatic carbocycles. The second-order valence-electron chi connectivity index (χ2n) is 10.4. The molecule has 0 bridgehead atoms. The molecule has 1 atom stereocenters. The lowest BCUT2D eigenvalue weighted by atomic mass is 9.98. The van der Waals surface area contributed by atoms with Gasteiger partial charge in [-0.15, -0.1) is 0 Å². The minimum atomic E-state index is -1.19. The van der Waals surface area contributed by atoms with E-state index < -0.39 is 23.5 Å². The molecule has 6 rings (SSSR count). The fraction of sp³-hybridized carbons (Fsp3) is 0.182. The molecule has 0 radical (unpaired) electrons. The molecular formula is C33H28N2O7. The van der Waals surface area contributed by atoms with Crippen LogP contribution in [-0.4, -0.2) is 33.1 Å². The molecule has 3 aromatic heterocycles. The van der Waals surface area contributed by atoms with Crippen LogP contribution < -0.4 is 10.9 Å². The van der Waals surface area contributed by atoms with Crippen molar-refractivity contribution in [1.29, 1.82) is 0 Å². The van der Waals surface area contributed by atoms with Gasteiger partial charge in [0.15, 0.2) is 0 Å². The molecule has 9 nitrogen and oxygen atoms in total. The predicted octanol–water partition coefficient (Wildman–Crippen LogP) is 5.75. The number of benzene rings is 3. The Morgan fingerprint density at radius 2 is 1.71 bits per heavy atom. The van der Waals surface area contributed by atoms with Crippen molar-refractivity contribution in [3.63, 3.8) is 0 Å². The molecule has 0 aliphatic carbocycles. The van der Waals surface area contributed by atoms with Gasteiger partial charge in [-0.3, -0.25) is 4.79 Å². The van der Waals surface area contributed by atoms with E-state index in [1.54, 1.807) is 24.4 Å². The summed E-state index contributed by atoms with van der Waals surface area (Å²) in [6.07, 6.45) is 1.66. The van der Waals surface area contributed by atoms with Gasteiger partial charge in [-0.05, 0) is 61.2 Å². The Balaban J connectivity index is 1.24. The van der Waals surface area contributed by atoms with Gasteiger partial charge >= 0.3 is 11.6 Å². The van der Waals surface area contributed by atoms with Crippen molar-refractivity contribution in [3.05, 3.63) is 99.7 Å². The molecule has 0 spiro atoms. The number of phenols is 1. The molecule has 0 saturated carbocycles. The highest BCUT2D eigenvalue weighted by Crippen LogP contribution is 2.37. The number of aryl methyl sites for hydroxylation is 2. The van der Waals surface area contributed by atoms with E-state index in [0.717, 1.165) is 33.2 Å². The summed E-state index contributed by atoms with van der Waals surface area (Å²) in [5.74, 6) is -0.881. The van der Waals surface area contributed by atoms with E-state index in [1.165, 1.54) is 6.07 Å². The molecule has 3 heterocycles. The van der Waals surface area contributed by atoms with Crippen LogP contribution in [0.4, 0.5) is 0 Å². The summed E-state index contributed by atoms with van der Waals surface area (Å²) in [7, 11) is 0. The second-order valence-corrected chi connectivity index (χ2v) is 10.4. The molecule has 42 heavy (non-hydrogen) atoms. The van der Waals surface area contributed by atoms with E-state index in [1.807, 2.05) is 50.2 Å². The van der Waals surface area contributed by atoms with Crippen LogP contribution in [-0.2, 0) is 22.4 Å². The van der Waals surface area contributed by atoms with Gasteiger partial charge in [-0.2, -0.15) is 0 Å². The van der Waals surface area contributed by atoms with Crippen LogP contribution in [0.5, 0.6) is 5.75 Å². The maximum absolute atomic E-state index is 12.9. The summed E-state index contributed by atoms with van der Waals surface area (Å²) < 4.78 is 11.6. The number of aromatic hydroxyl groups is 1. The van der Waals surface area contributed by atoms with E-state index in [9.17, 15) is 24.6 Å². The topological polar surface area (TPSA) is 146 Å². The molecular weight excluding hydrogens is 536 g/mol. The van der Waals surface area contributed by atoms with Gasteiger partial charge in [0.25, 0.3) is 0 Å². The van der Waals surface area contributed by atoms with Crippen molar-refractivity contribution in [2.45, 2.75) is 39.2 Å². The average molecular weight is 565 g/mol. The highest BCUT2D eigenvalue weighted by molar-refractivity contribution is 6.03. The number of aromatic amines is 1. The van der Waals surface area contributed by atoms with Crippen LogP contribution in [0.15, 0.2) is 80.5 Å². The SMILES string of the molecule is Cc1oc2cc3oc(=O)c(CCC(=O)NC(Cc4c[nH]c5ccc(O)cc45)C(=O)O)c(C)c3cc2c1-c1ccccc1. The van der Waals surface area contributed by atoms with Crippen LogP contribution in [0.2, 0.25) is 0 Å². The molecule has 1 unspecified atom stereocenters. The second kappa shape index (κ2) is 10.6. The standard InChI is InChI=1S/C33H28N2O7/c1-17-22(9-11-30(37)35-27(32(38)39)12-20-16-34-26-10-8-21(36)13-24(20)26)33(40)42-28-15-29-25(14-23(17)28)31(18(2)41-29)19-6-4-3-5-7-19/h3-8,10,13-16,27,34,36H,9,11-12H2,1-2H3,(H,35,37)(H,38,39). The fourth-order valence-electron chi connectivity index (χ4n) is 5.61. The Labute approximate surface area is 239 Å². The third-order valence-corrected chi connectivity index (χ3v) is 7.74. The molecule has 1 amide bonds. The lowest BCUT2D eigenvalue weighted by Gasteiger charge is -2.15. The number of phenolic OH excluding ortho intramolecular Hbond substituents is 1. The van der Waals surface area contributed by atoms with E-state index in [0.29, 0.717) is 33.2 Å². The van der Waals surface area contributed by atoms with Crippen LogP contribution in [0, 0.1) is 13.8 Å². The van der Waals surface area contributed by atoms with Gasteiger partial charge in [0.2, 0.25) is 5.91 Å². The molecule has 212 valence electrons. The molecule has 0 aliphatic heterocycles. The molecule has 0 fully saturated rings. The summed E-state index contributed by atoms with van der Waals surface area (Å²) in [5.41, 5.74) is 4.88. The monoisotopic (exact) mass is 564 g/mol. The first-order valence-electron chi connectivity index (χ1n) is 13.6. The number of hydrogen-bond acceptors (Lipinski definition) is 6. The van der Waals surface area contributed by atoms with E-state index >= 15 is 0 Å². The number of amides is 1. The molecule has 0 aliphatic rings. The van der Waals surface area contributed by atoms with Crippen LogP contribution in [0.1, 0.15) is 28.9 Å². The summed E-state index contributed by atoms with van der Waals surface area (Å²) in [5, 5.41) is 24.5. The van der Waals surface area contributed by atoms with Gasteiger partial charge in [-0.1, -0.05) is 30.3 Å². The number of furan rings is 1. The molecule has 6 aromatic rings. The van der Waals surface area contributed by atoms with E-state index in [4.69, 9.17) is 8.83 Å². The van der Waals surface area contributed by atoms with Crippen LogP contribution in [0.3, 0.4) is 0 Å². The number of aromatic nitrogens is 1.